The van der Waals surface area contributed by atoms with Gasteiger partial charge in [-0.15, -0.1) is 5.10 Å². The van der Waals surface area contributed by atoms with Crippen molar-refractivity contribution in [3.8, 4) is 11.1 Å². The molecule has 2 N–H and O–H groups in total. The smallest absolute Gasteiger partial charge is 0.245 e. The molecular weight excluding hydrogens is 392 g/mol. The Morgan fingerprint density at radius 3 is 2.74 bits per heavy atom. The van der Waals surface area contributed by atoms with Crippen molar-refractivity contribution in [3.63, 3.8) is 0 Å². The van der Waals surface area contributed by atoms with Crippen LogP contribution in [0.5, 0.6) is 0 Å². The molecule has 2 aliphatic rings. The zero-order valence-corrected chi connectivity index (χ0v) is 17.2. The molecule has 1 aliphatic heterocycles. The normalized spacial score (nSPS) is 15.8. The van der Waals surface area contributed by atoms with Crippen molar-refractivity contribution >= 4 is 39.9 Å². The van der Waals surface area contributed by atoms with Crippen LogP contribution in [0.1, 0.15) is 19.3 Å². The molecule has 4 aromatic heterocycles. The van der Waals surface area contributed by atoms with E-state index in [9.17, 15) is 4.79 Å². The average Bonchev–Trinajstić information content (AvgIpc) is 3.51. The van der Waals surface area contributed by atoms with Gasteiger partial charge in [-0.1, -0.05) is 0 Å². The number of aromatic nitrogens is 5. The number of nitrogens with zero attached hydrogens (tertiary/aromatic N) is 6. The molecule has 5 heterocycles. The summed E-state index contributed by atoms with van der Waals surface area (Å²) in [7, 11) is 1.84. The van der Waals surface area contributed by atoms with Gasteiger partial charge in [0.2, 0.25) is 11.9 Å². The van der Waals surface area contributed by atoms with Crippen molar-refractivity contribution in [2.45, 2.75) is 19.3 Å². The summed E-state index contributed by atoms with van der Waals surface area (Å²) in [6, 6.07) is 5.96. The van der Waals surface area contributed by atoms with Crippen LogP contribution in [-0.2, 0) is 4.79 Å². The van der Waals surface area contributed by atoms with Gasteiger partial charge in [0.25, 0.3) is 0 Å². The standard InChI is InChI=1S/C22H22N8O/c1-23-20-17-12-24-18(26-21(31)13-3-4-13)10-15(17)16(11-25-20)14-5-8-30-19(9-14)27-22(28-30)29-6-2-7-29/h5,8-13H,2-4,6-7H2,1H3,(H,23,25)(H,24,26,31). The van der Waals surface area contributed by atoms with Gasteiger partial charge in [0, 0.05) is 55.6 Å². The first-order valence-electron chi connectivity index (χ1n) is 10.6. The molecule has 0 aromatic carbocycles. The number of anilines is 3. The largest absolute Gasteiger partial charge is 0.373 e. The van der Waals surface area contributed by atoms with Crippen molar-refractivity contribution in [2.75, 3.05) is 35.7 Å². The molecule has 1 aliphatic carbocycles. The van der Waals surface area contributed by atoms with E-state index in [4.69, 9.17) is 4.98 Å². The molecule has 6 rings (SSSR count). The van der Waals surface area contributed by atoms with Crippen molar-refractivity contribution in [3.05, 3.63) is 36.8 Å². The van der Waals surface area contributed by atoms with Gasteiger partial charge in [0.1, 0.15) is 11.6 Å². The second-order valence-corrected chi connectivity index (χ2v) is 8.12. The molecule has 31 heavy (non-hydrogen) atoms. The van der Waals surface area contributed by atoms with Gasteiger partial charge in [-0.3, -0.25) is 4.79 Å². The summed E-state index contributed by atoms with van der Waals surface area (Å²) in [6.07, 6.45) is 8.63. The average molecular weight is 414 g/mol. The van der Waals surface area contributed by atoms with Crippen LogP contribution in [0.3, 0.4) is 0 Å². The fourth-order valence-corrected chi connectivity index (χ4v) is 3.89. The Balaban J connectivity index is 1.45. The Hall–Kier alpha value is -3.75. The van der Waals surface area contributed by atoms with E-state index < -0.39 is 0 Å². The Bertz CT molecular complexity index is 1320. The monoisotopic (exact) mass is 414 g/mol. The molecule has 2 fully saturated rings. The maximum absolute atomic E-state index is 12.2. The predicted octanol–water partition coefficient (Wildman–Crippen LogP) is 2.94. The fraction of sp³-hybridized carbons (Fsp3) is 0.318. The second kappa shape index (κ2) is 6.90. The van der Waals surface area contributed by atoms with Gasteiger partial charge in [0.15, 0.2) is 5.65 Å². The van der Waals surface area contributed by atoms with Gasteiger partial charge < -0.3 is 15.5 Å². The third-order valence-corrected chi connectivity index (χ3v) is 5.98. The van der Waals surface area contributed by atoms with E-state index in [1.807, 2.05) is 37.6 Å². The quantitative estimate of drug-likeness (QED) is 0.518. The number of carbonyl (C=O) groups excluding carboxylic acids is 1. The number of pyridine rings is 3. The van der Waals surface area contributed by atoms with Gasteiger partial charge >= 0.3 is 0 Å². The number of fused-ring (bicyclic) bond motifs is 2. The summed E-state index contributed by atoms with van der Waals surface area (Å²) in [5, 5.41) is 12.5. The van der Waals surface area contributed by atoms with Gasteiger partial charge in [0.05, 0.1) is 0 Å². The molecular formula is C22H22N8O. The zero-order valence-electron chi connectivity index (χ0n) is 17.2. The highest BCUT2D eigenvalue weighted by Gasteiger charge is 2.30. The van der Waals surface area contributed by atoms with Crippen LogP contribution in [0.4, 0.5) is 17.6 Å². The lowest BCUT2D eigenvalue weighted by Gasteiger charge is -2.29. The van der Waals surface area contributed by atoms with Gasteiger partial charge in [-0.05, 0) is 48.4 Å². The summed E-state index contributed by atoms with van der Waals surface area (Å²) in [5.74, 6) is 2.24. The summed E-state index contributed by atoms with van der Waals surface area (Å²) < 4.78 is 1.80. The number of carbonyl (C=O) groups is 1. The van der Waals surface area contributed by atoms with E-state index in [0.717, 1.165) is 65.2 Å². The van der Waals surface area contributed by atoms with Crippen molar-refractivity contribution in [1.29, 1.82) is 0 Å². The van der Waals surface area contributed by atoms with E-state index in [-0.39, 0.29) is 11.8 Å². The third kappa shape index (κ3) is 3.13. The minimum atomic E-state index is 0.0414. The minimum Gasteiger partial charge on any atom is -0.373 e. The van der Waals surface area contributed by atoms with E-state index in [0.29, 0.717) is 5.82 Å². The Kier molecular flexibility index (Phi) is 4.02. The lowest BCUT2D eigenvalue weighted by atomic mass is 10.0. The molecule has 0 radical (unpaired) electrons. The topological polar surface area (TPSA) is 100 Å². The van der Waals surface area contributed by atoms with Crippen LogP contribution in [0.2, 0.25) is 0 Å². The highest BCUT2D eigenvalue weighted by atomic mass is 16.2. The Morgan fingerprint density at radius 1 is 1.13 bits per heavy atom. The second-order valence-electron chi connectivity index (χ2n) is 8.12. The van der Waals surface area contributed by atoms with Gasteiger partial charge in [-0.2, -0.15) is 4.98 Å². The van der Waals surface area contributed by atoms with E-state index >= 15 is 0 Å². The number of rotatable bonds is 5. The van der Waals surface area contributed by atoms with Crippen molar-refractivity contribution in [1.82, 2.24) is 24.6 Å². The first kappa shape index (κ1) is 18.1. The molecule has 0 unspecified atom stereocenters. The maximum atomic E-state index is 12.2. The van der Waals surface area contributed by atoms with Crippen LogP contribution in [0.15, 0.2) is 36.8 Å². The van der Waals surface area contributed by atoms with Crippen LogP contribution >= 0.6 is 0 Å². The summed E-state index contributed by atoms with van der Waals surface area (Å²) >= 11 is 0. The molecule has 0 atom stereocenters. The molecule has 1 saturated heterocycles. The Morgan fingerprint density at radius 2 is 2.00 bits per heavy atom. The lowest BCUT2D eigenvalue weighted by Crippen LogP contribution is -2.37. The molecule has 4 aromatic rings. The van der Waals surface area contributed by atoms with Crippen LogP contribution in [0, 0.1) is 5.92 Å². The maximum Gasteiger partial charge on any atom is 0.245 e. The molecule has 0 bridgehead atoms. The molecule has 0 spiro atoms. The number of nitrogens with one attached hydrogen (secondary N) is 2. The molecule has 9 heteroatoms. The number of amides is 1. The van der Waals surface area contributed by atoms with Crippen LogP contribution < -0.4 is 15.5 Å². The van der Waals surface area contributed by atoms with E-state index in [1.54, 1.807) is 10.7 Å². The SMILES string of the molecule is CNc1ncc(-c2ccn3nc(N4CCC4)nc3c2)c2cc(NC(=O)C3CC3)ncc12. The van der Waals surface area contributed by atoms with Gasteiger partial charge in [-0.25, -0.2) is 14.5 Å². The van der Waals surface area contributed by atoms with Crippen molar-refractivity contribution < 1.29 is 4.79 Å². The predicted molar refractivity (Wildman–Crippen MR) is 119 cm³/mol. The zero-order chi connectivity index (χ0) is 20.9. The third-order valence-electron chi connectivity index (χ3n) is 5.98. The Labute approximate surface area is 178 Å². The molecule has 1 saturated carbocycles. The minimum absolute atomic E-state index is 0.0414. The number of hydrogen-bond donors (Lipinski definition) is 2. The molecule has 1 amide bonds. The van der Waals surface area contributed by atoms with E-state index in [2.05, 4.69) is 30.6 Å². The van der Waals surface area contributed by atoms with Crippen LogP contribution in [0.25, 0.3) is 27.5 Å². The summed E-state index contributed by atoms with van der Waals surface area (Å²) in [5.41, 5.74) is 2.73. The van der Waals surface area contributed by atoms with Crippen LogP contribution in [-0.4, -0.2) is 50.6 Å². The first-order chi connectivity index (χ1) is 15.2. The van der Waals surface area contributed by atoms with E-state index in [1.165, 1.54) is 6.42 Å². The summed E-state index contributed by atoms with van der Waals surface area (Å²) in [6.45, 7) is 2.01. The highest BCUT2D eigenvalue weighted by Crippen LogP contribution is 2.34. The van der Waals surface area contributed by atoms with Crippen molar-refractivity contribution in [2.24, 2.45) is 5.92 Å². The molecule has 9 nitrogen and oxygen atoms in total. The summed E-state index contributed by atoms with van der Waals surface area (Å²) in [4.78, 5) is 28.1. The first-order valence-corrected chi connectivity index (χ1v) is 10.6. The lowest BCUT2D eigenvalue weighted by molar-refractivity contribution is -0.117. The fourth-order valence-electron chi connectivity index (χ4n) is 3.89. The molecule has 156 valence electrons. The highest BCUT2D eigenvalue weighted by molar-refractivity contribution is 6.04. The number of hydrogen-bond acceptors (Lipinski definition) is 7.